The predicted octanol–water partition coefficient (Wildman–Crippen LogP) is 13.4. The van der Waals surface area contributed by atoms with Crippen LogP contribution in [-0.2, 0) is 0 Å². The quantitative estimate of drug-likeness (QED) is 0.165. The van der Waals surface area contributed by atoms with Crippen molar-refractivity contribution in [3.05, 3.63) is 200 Å². The van der Waals surface area contributed by atoms with Crippen LogP contribution in [0.5, 0.6) is 0 Å². The molecule has 0 spiro atoms. The molecule has 0 N–H and O–H groups in total. The van der Waals surface area contributed by atoms with Crippen LogP contribution in [0.3, 0.4) is 0 Å². The van der Waals surface area contributed by atoms with E-state index >= 15 is 0 Å². The molecule has 0 radical (unpaired) electrons. The maximum Gasteiger partial charge on any atom is 0.164 e. The third kappa shape index (κ3) is 6.16. The maximum absolute atomic E-state index is 8.97. The van der Waals surface area contributed by atoms with Crippen LogP contribution in [0.4, 0.5) is 0 Å². The Morgan fingerprint density at radius 2 is 0.873 bits per heavy atom. The topological polar surface area (TPSA) is 51.8 Å². The van der Waals surface area contributed by atoms with Crippen LogP contribution in [0.2, 0.25) is 0 Å². The molecular weight excluding hydrogens is 671 g/mol. The average molecular weight is 714 g/mol. The number of fused-ring (bicyclic) bond motifs is 3. The van der Waals surface area contributed by atoms with Crippen molar-refractivity contribution in [1.29, 1.82) is 0 Å². The van der Waals surface area contributed by atoms with E-state index in [0.29, 0.717) is 33.6 Å². The lowest BCUT2D eigenvalue weighted by Crippen LogP contribution is -2.01. The maximum atomic E-state index is 8.97. The molecule has 0 saturated heterocycles. The second-order valence-corrected chi connectivity index (χ2v) is 12.9. The van der Waals surface area contributed by atoms with Crippen LogP contribution in [0.25, 0.3) is 101 Å². The van der Waals surface area contributed by atoms with Gasteiger partial charge >= 0.3 is 0 Å². The lowest BCUT2D eigenvalue weighted by atomic mass is 9.94. The van der Waals surface area contributed by atoms with Crippen molar-refractivity contribution >= 4 is 21.9 Å². The van der Waals surface area contributed by atoms with E-state index in [1.54, 1.807) is 18.2 Å². The summed E-state index contributed by atoms with van der Waals surface area (Å²) in [6.45, 7) is 0. The fourth-order valence-electron chi connectivity index (χ4n) is 6.92. The summed E-state index contributed by atoms with van der Waals surface area (Å²) in [4.78, 5) is 15.3. The summed E-state index contributed by atoms with van der Waals surface area (Å²) in [6.07, 6.45) is 0. The zero-order chi connectivity index (χ0) is 45.3. The Morgan fingerprint density at radius 1 is 0.364 bits per heavy atom. The van der Waals surface area contributed by atoms with E-state index in [1.165, 1.54) is 6.07 Å². The summed E-state index contributed by atoms with van der Waals surface area (Å²) in [6, 6.07) is 38.8. The van der Waals surface area contributed by atoms with Crippen molar-refractivity contribution in [1.82, 2.24) is 15.0 Å². The normalized spacial score (nSPS) is 13.8. The first-order valence-corrected chi connectivity index (χ1v) is 17.6. The van der Waals surface area contributed by atoms with Crippen LogP contribution < -0.4 is 0 Å². The van der Waals surface area contributed by atoms with Gasteiger partial charge in [-0.05, 0) is 75.3 Å². The van der Waals surface area contributed by atoms with Gasteiger partial charge in [-0.15, -0.1) is 0 Å². The molecule has 0 atom stereocenters. The van der Waals surface area contributed by atoms with E-state index in [-0.39, 0.29) is 33.7 Å². The fraction of sp³-hybridized carbons (Fsp3) is 0. The minimum absolute atomic E-state index is 0.0657. The van der Waals surface area contributed by atoms with Crippen molar-refractivity contribution in [2.45, 2.75) is 0 Å². The molecule has 2 heterocycles. The summed E-state index contributed by atoms with van der Waals surface area (Å²) < 4.78 is 92.9. The Hall–Kier alpha value is -7.43. The molecule has 0 amide bonds. The minimum atomic E-state index is -0.585. The summed E-state index contributed by atoms with van der Waals surface area (Å²) in [7, 11) is 0. The molecule has 0 fully saturated rings. The van der Waals surface area contributed by atoms with Crippen LogP contribution in [0, 0.1) is 0 Å². The summed E-state index contributed by atoms with van der Waals surface area (Å²) in [5, 5.41) is 0.840. The van der Waals surface area contributed by atoms with Gasteiger partial charge in [0.2, 0.25) is 0 Å². The molecule has 0 aliphatic rings. The van der Waals surface area contributed by atoms with Gasteiger partial charge in [0.05, 0.1) is 13.7 Å². The average Bonchev–Trinajstić information content (AvgIpc) is 3.73. The molecule has 0 aliphatic heterocycles. The molecule has 55 heavy (non-hydrogen) atoms. The first kappa shape index (κ1) is 23.3. The van der Waals surface area contributed by atoms with Crippen molar-refractivity contribution < 1.29 is 18.1 Å². The highest BCUT2D eigenvalue weighted by Gasteiger charge is 2.21. The smallest absolute Gasteiger partial charge is 0.164 e. The molecule has 8 aromatic carbocycles. The number of hydrogen-bond acceptors (Lipinski definition) is 4. The molecule has 4 heteroatoms. The minimum Gasteiger partial charge on any atom is -0.455 e. The number of rotatable bonds is 7. The number of aromatic nitrogens is 3. The first-order chi connectivity index (χ1) is 31.4. The zero-order valence-corrected chi connectivity index (χ0v) is 29.0. The summed E-state index contributed by atoms with van der Waals surface area (Å²) >= 11 is 0. The van der Waals surface area contributed by atoms with Gasteiger partial charge in [0.1, 0.15) is 11.2 Å². The van der Waals surface area contributed by atoms with E-state index in [9.17, 15) is 0 Å². The van der Waals surface area contributed by atoms with Crippen LogP contribution >= 0.6 is 0 Å². The molecule has 2 aromatic heterocycles. The Labute approximate surface area is 333 Å². The van der Waals surface area contributed by atoms with E-state index in [1.807, 2.05) is 109 Å². The van der Waals surface area contributed by atoms with Gasteiger partial charge in [-0.25, -0.2) is 15.0 Å². The molecule has 0 aliphatic carbocycles. The van der Waals surface area contributed by atoms with E-state index in [0.717, 1.165) is 33.4 Å². The molecule has 0 saturated carbocycles. The second kappa shape index (κ2) is 13.8. The number of benzene rings is 8. The van der Waals surface area contributed by atoms with E-state index < -0.39 is 60.4 Å². The van der Waals surface area contributed by atoms with Gasteiger partial charge in [-0.3, -0.25) is 0 Å². The van der Waals surface area contributed by atoms with E-state index in [4.69, 9.17) is 33.1 Å². The van der Waals surface area contributed by atoms with Crippen LogP contribution in [0.1, 0.15) is 13.7 Å². The highest BCUT2D eigenvalue weighted by molar-refractivity contribution is 6.16. The Kier molecular flexibility index (Phi) is 5.86. The Bertz CT molecular complexity index is 3430. The van der Waals surface area contributed by atoms with Crippen molar-refractivity contribution in [3.8, 4) is 78.7 Å². The van der Waals surface area contributed by atoms with Gasteiger partial charge in [-0.1, -0.05) is 164 Å². The highest BCUT2D eigenvalue weighted by Crippen LogP contribution is 2.43. The zero-order valence-electron chi connectivity index (χ0n) is 39.0. The lowest BCUT2D eigenvalue weighted by molar-refractivity contribution is 0.670. The van der Waals surface area contributed by atoms with Gasteiger partial charge < -0.3 is 4.42 Å². The van der Waals surface area contributed by atoms with Crippen molar-refractivity contribution in [2.75, 3.05) is 0 Å². The first-order valence-electron chi connectivity index (χ1n) is 22.6. The van der Waals surface area contributed by atoms with Crippen LogP contribution in [0.15, 0.2) is 204 Å². The van der Waals surface area contributed by atoms with Gasteiger partial charge in [0, 0.05) is 33.0 Å². The predicted molar refractivity (Wildman–Crippen MR) is 225 cm³/mol. The third-order valence-corrected chi connectivity index (χ3v) is 9.47. The van der Waals surface area contributed by atoms with Crippen molar-refractivity contribution in [3.63, 3.8) is 0 Å². The molecule has 0 unspecified atom stereocenters. The standard InChI is InChI=1S/C51H33N3O/c1-6-17-34(18-7-1)39-29-40(35-19-8-2-9-20-35)31-42(30-39)50-52-49(38-25-14-5-15-26-38)53-51(54-50)43-27-16-28-46-47(43)45-33-41(36-21-10-3-11-22-36)32-44(48(45)55-46)37-23-12-4-13-24-37/h1-33H/i3D,4D,10D,11D,12D,13D,21D,22D,23D,24D. The SMILES string of the molecule is [2H]c1c([2H])c([2H])c(-c2cc(-c3c([2H])c([2H])c([2H])c([2H])c3[2H])c3oc4cccc(-c5nc(-c6ccccc6)nc(-c6cc(-c7ccccc7)cc(-c7ccccc7)c6)n5)c4c3c2)c([2H])c1[2H]. The van der Waals surface area contributed by atoms with Gasteiger partial charge in [-0.2, -0.15) is 0 Å². The van der Waals surface area contributed by atoms with Gasteiger partial charge in [0.25, 0.3) is 0 Å². The molecule has 10 rings (SSSR count). The summed E-state index contributed by atoms with van der Waals surface area (Å²) in [5.74, 6) is 1.04. The molecule has 4 nitrogen and oxygen atoms in total. The second-order valence-electron chi connectivity index (χ2n) is 12.9. The highest BCUT2D eigenvalue weighted by atomic mass is 16.3. The third-order valence-electron chi connectivity index (χ3n) is 9.47. The monoisotopic (exact) mass is 713 g/mol. The number of nitrogens with zero attached hydrogens (tertiary/aromatic N) is 3. The number of hydrogen-bond donors (Lipinski definition) is 0. The Balaban J connectivity index is 1.29. The lowest BCUT2D eigenvalue weighted by Gasteiger charge is -2.13. The molecule has 10 aromatic rings. The molecule has 0 bridgehead atoms. The van der Waals surface area contributed by atoms with Crippen molar-refractivity contribution in [2.24, 2.45) is 0 Å². The molecule has 258 valence electrons. The number of furan rings is 1. The van der Waals surface area contributed by atoms with Crippen LogP contribution in [-0.4, -0.2) is 15.0 Å². The Morgan fingerprint density at radius 3 is 1.49 bits per heavy atom. The van der Waals surface area contributed by atoms with Gasteiger partial charge in [0.15, 0.2) is 17.5 Å². The summed E-state index contributed by atoms with van der Waals surface area (Å²) in [5.41, 5.74) is 6.23. The fourth-order valence-corrected chi connectivity index (χ4v) is 6.92. The molecular formula is C51H33N3O. The van der Waals surface area contributed by atoms with E-state index in [2.05, 4.69) is 6.07 Å². The largest absolute Gasteiger partial charge is 0.455 e.